The number of hydrogen-bond acceptors (Lipinski definition) is 3. The summed E-state index contributed by atoms with van der Waals surface area (Å²) >= 11 is 0.608. The van der Waals surface area contributed by atoms with E-state index in [1.54, 1.807) is 12.1 Å². The summed E-state index contributed by atoms with van der Waals surface area (Å²) in [7, 11) is -3.70. The summed E-state index contributed by atoms with van der Waals surface area (Å²) in [5.41, 5.74) is 1.64. The maximum Gasteiger partial charge on any atom is 0.271 e. The van der Waals surface area contributed by atoms with E-state index in [1.807, 2.05) is 12.1 Å². The molecule has 0 aliphatic rings. The van der Waals surface area contributed by atoms with E-state index in [2.05, 4.69) is 18.6 Å². The van der Waals surface area contributed by atoms with Crippen LogP contribution in [0.3, 0.4) is 0 Å². The molecule has 6 heteroatoms. The molecule has 0 aliphatic heterocycles. The second kappa shape index (κ2) is 5.93. The van der Waals surface area contributed by atoms with Crippen LogP contribution in [0.1, 0.15) is 31.7 Å². The van der Waals surface area contributed by atoms with E-state index in [9.17, 15) is 12.8 Å². The predicted octanol–water partition coefficient (Wildman–Crippen LogP) is 4.20. The summed E-state index contributed by atoms with van der Waals surface area (Å²) in [6.45, 7) is 4.22. The van der Waals surface area contributed by atoms with Gasteiger partial charge in [0.15, 0.2) is 5.13 Å². The average molecular weight is 313 g/mol. The van der Waals surface area contributed by atoms with E-state index < -0.39 is 15.2 Å². The van der Waals surface area contributed by atoms with Gasteiger partial charge in [0.05, 0.1) is 0 Å². The molecule has 0 saturated carbocycles. The van der Waals surface area contributed by atoms with Crippen molar-refractivity contribution < 1.29 is 12.8 Å². The van der Waals surface area contributed by atoms with Gasteiger partial charge in [-0.15, -0.1) is 0 Å². The Morgan fingerprint density at radius 2 is 1.85 bits per heavy atom. The first-order valence-electron chi connectivity index (χ1n) is 6.30. The average Bonchev–Trinajstić information content (AvgIpc) is 2.86. The van der Waals surface area contributed by atoms with Gasteiger partial charge in [-0.25, -0.2) is 8.42 Å². The lowest BCUT2D eigenvalue weighted by molar-refractivity contribution is 0.603. The molecule has 0 fully saturated rings. The van der Waals surface area contributed by atoms with Crippen LogP contribution in [-0.2, 0) is 10.0 Å². The fourth-order valence-corrected chi connectivity index (χ4v) is 3.82. The van der Waals surface area contributed by atoms with Gasteiger partial charge in [-0.1, -0.05) is 37.3 Å². The Hall–Kier alpha value is -1.40. The number of hydrogen-bond donors (Lipinski definition) is 1. The third-order valence-corrected chi connectivity index (χ3v) is 5.90. The van der Waals surface area contributed by atoms with E-state index in [4.69, 9.17) is 0 Å². The van der Waals surface area contributed by atoms with Gasteiger partial charge in [-0.2, -0.15) is 4.39 Å². The smallest absolute Gasteiger partial charge is 0.271 e. The Bertz CT molecular complexity index is 677. The van der Waals surface area contributed by atoms with Crippen LogP contribution in [0, 0.1) is 5.13 Å². The highest BCUT2D eigenvalue weighted by atomic mass is 32.2. The molecule has 20 heavy (non-hydrogen) atoms. The number of benzene rings is 1. The van der Waals surface area contributed by atoms with Gasteiger partial charge in [0.25, 0.3) is 10.0 Å². The molecule has 1 aromatic carbocycles. The van der Waals surface area contributed by atoms with Crippen LogP contribution in [-0.4, -0.2) is 8.42 Å². The Morgan fingerprint density at radius 3 is 2.35 bits per heavy atom. The first-order chi connectivity index (χ1) is 9.42. The van der Waals surface area contributed by atoms with Crippen molar-refractivity contribution in [2.75, 3.05) is 4.72 Å². The maximum absolute atomic E-state index is 12.9. The molecule has 108 valence electrons. The topological polar surface area (TPSA) is 46.2 Å². The van der Waals surface area contributed by atoms with Crippen molar-refractivity contribution >= 4 is 27.0 Å². The van der Waals surface area contributed by atoms with Gasteiger partial charge in [0.2, 0.25) is 0 Å². The van der Waals surface area contributed by atoms with E-state index in [-0.39, 0.29) is 4.21 Å². The second-order valence-electron chi connectivity index (χ2n) is 4.60. The standard InChI is InChI=1S/C14H16FNO2S2/c1-3-10(2)11-4-6-12(7-5-11)16-20(17,18)14-9-8-13(15)19-14/h4-10,16H,3H2,1-2H3/t10-/m0/s1. The largest absolute Gasteiger partial charge is 0.279 e. The van der Waals surface area contributed by atoms with Gasteiger partial charge in [0, 0.05) is 5.69 Å². The van der Waals surface area contributed by atoms with Gasteiger partial charge in [-0.3, -0.25) is 4.72 Å². The molecule has 1 aromatic heterocycles. The van der Waals surface area contributed by atoms with Crippen LogP contribution < -0.4 is 4.72 Å². The number of sulfonamides is 1. The zero-order valence-electron chi connectivity index (χ0n) is 11.3. The number of anilines is 1. The van der Waals surface area contributed by atoms with Crippen molar-refractivity contribution in [3.05, 3.63) is 47.1 Å². The molecule has 0 unspecified atom stereocenters. The van der Waals surface area contributed by atoms with Crippen molar-refractivity contribution in [2.24, 2.45) is 0 Å². The monoisotopic (exact) mass is 313 g/mol. The molecule has 2 rings (SSSR count). The van der Waals surface area contributed by atoms with Gasteiger partial charge >= 0.3 is 0 Å². The van der Waals surface area contributed by atoms with Crippen molar-refractivity contribution in [1.29, 1.82) is 0 Å². The van der Waals surface area contributed by atoms with Crippen LogP contribution in [0.25, 0.3) is 0 Å². The Balaban J connectivity index is 2.18. The molecule has 1 N–H and O–H groups in total. The predicted molar refractivity (Wildman–Crippen MR) is 80.2 cm³/mol. The number of halogens is 1. The molecule has 0 saturated heterocycles. The molecule has 0 amide bonds. The summed E-state index contributed by atoms with van der Waals surface area (Å²) in [6.07, 6.45) is 1.03. The minimum Gasteiger partial charge on any atom is -0.279 e. The van der Waals surface area contributed by atoms with E-state index in [0.29, 0.717) is 22.9 Å². The SMILES string of the molecule is CC[C@H](C)c1ccc(NS(=O)(=O)c2ccc(F)s2)cc1. The molecule has 0 spiro atoms. The summed E-state index contributed by atoms with van der Waals surface area (Å²) in [6, 6.07) is 9.66. The highest BCUT2D eigenvalue weighted by Gasteiger charge is 2.17. The molecule has 1 atom stereocenters. The van der Waals surface area contributed by atoms with Crippen molar-refractivity contribution in [3.8, 4) is 0 Å². The van der Waals surface area contributed by atoms with Crippen LogP contribution in [0.2, 0.25) is 0 Å². The Kier molecular flexibility index (Phi) is 4.45. The van der Waals surface area contributed by atoms with Crippen molar-refractivity contribution in [3.63, 3.8) is 0 Å². The molecular weight excluding hydrogens is 297 g/mol. The normalized spacial score (nSPS) is 13.2. The molecular formula is C14H16FNO2S2. The summed E-state index contributed by atoms with van der Waals surface area (Å²) < 4.78 is 39.4. The molecule has 3 nitrogen and oxygen atoms in total. The highest BCUT2D eigenvalue weighted by Crippen LogP contribution is 2.24. The van der Waals surface area contributed by atoms with E-state index in [1.165, 1.54) is 6.07 Å². The summed E-state index contributed by atoms with van der Waals surface area (Å²) in [5.74, 6) is 0.437. The molecule has 0 aliphatic carbocycles. The van der Waals surface area contributed by atoms with Crippen molar-refractivity contribution in [2.45, 2.75) is 30.4 Å². The lowest BCUT2D eigenvalue weighted by Gasteiger charge is -2.10. The third kappa shape index (κ3) is 3.37. The van der Waals surface area contributed by atoms with E-state index >= 15 is 0 Å². The lowest BCUT2D eigenvalue weighted by Crippen LogP contribution is -2.11. The minimum absolute atomic E-state index is 0.0268. The van der Waals surface area contributed by atoms with Crippen LogP contribution in [0.15, 0.2) is 40.6 Å². The first-order valence-corrected chi connectivity index (χ1v) is 8.60. The zero-order chi connectivity index (χ0) is 14.8. The van der Waals surface area contributed by atoms with Crippen molar-refractivity contribution in [1.82, 2.24) is 0 Å². The fraction of sp³-hybridized carbons (Fsp3) is 0.286. The first kappa shape index (κ1) is 15.0. The highest BCUT2D eigenvalue weighted by molar-refractivity contribution is 7.94. The lowest BCUT2D eigenvalue weighted by atomic mass is 9.99. The maximum atomic E-state index is 12.9. The van der Waals surface area contributed by atoms with Crippen LogP contribution >= 0.6 is 11.3 Å². The molecule has 0 bridgehead atoms. The zero-order valence-corrected chi connectivity index (χ0v) is 12.9. The summed E-state index contributed by atoms with van der Waals surface area (Å²) in [4.78, 5) is 0. The second-order valence-corrected chi connectivity index (χ2v) is 7.54. The number of rotatable bonds is 5. The number of thiophene rings is 1. The fourth-order valence-electron chi connectivity index (χ4n) is 1.76. The summed E-state index contributed by atoms with van der Waals surface area (Å²) in [5, 5.41) is -0.516. The third-order valence-electron chi connectivity index (χ3n) is 3.16. The van der Waals surface area contributed by atoms with E-state index in [0.717, 1.165) is 18.1 Å². The van der Waals surface area contributed by atoms with Crippen LogP contribution in [0.4, 0.5) is 10.1 Å². The Morgan fingerprint density at radius 1 is 1.20 bits per heavy atom. The van der Waals surface area contributed by atoms with Crippen LogP contribution in [0.5, 0.6) is 0 Å². The minimum atomic E-state index is -3.70. The number of nitrogens with one attached hydrogen (secondary N) is 1. The van der Waals surface area contributed by atoms with Gasteiger partial charge in [-0.05, 0) is 42.2 Å². The molecule has 0 radical (unpaired) electrons. The molecule has 1 heterocycles. The van der Waals surface area contributed by atoms with Gasteiger partial charge in [0.1, 0.15) is 4.21 Å². The quantitative estimate of drug-likeness (QED) is 0.899. The van der Waals surface area contributed by atoms with Gasteiger partial charge < -0.3 is 0 Å². The molecule has 2 aromatic rings. The Labute approximate surface area is 122 Å².